The molecule has 1 aliphatic rings. The molecule has 202 valence electrons. The Labute approximate surface area is 217 Å². The van der Waals surface area contributed by atoms with Gasteiger partial charge in [-0.05, 0) is 62.3 Å². The van der Waals surface area contributed by atoms with Crippen molar-refractivity contribution in [1.29, 1.82) is 0 Å². The van der Waals surface area contributed by atoms with Gasteiger partial charge in [0.25, 0.3) is 11.8 Å². The van der Waals surface area contributed by atoms with E-state index in [1.54, 1.807) is 19.1 Å². The van der Waals surface area contributed by atoms with Crippen molar-refractivity contribution < 1.29 is 29.1 Å². The third kappa shape index (κ3) is 8.52. The fourth-order valence-electron chi connectivity index (χ4n) is 3.96. The summed E-state index contributed by atoms with van der Waals surface area (Å²) in [5, 5.41) is 17.6. The molecular formula is C27H38N4O6. The average molecular weight is 515 g/mol. The van der Waals surface area contributed by atoms with Gasteiger partial charge in [0.15, 0.2) is 0 Å². The van der Waals surface area contributed by atoms with E-state index >= 15 is 0 Å². The third-order valence-electron chi connectivity index (χ3n) is 6.31. The largest absolute Gasteiger partial charge is 0.392 e. The number of carbonyl (C=O) groups is 5. The highest BCUT2D eigenvalue weighted by Crippen LogP contribution is 2.21. The first-order valence-electron chi connectivity index (χ1n) is 12.6. The SMILES string of the molecule is Cc1cc(NC(=O)[C@H](C)NC(=O)[C@@H](NC(=O)CCCCCN2C(=O)C=CC2=O)C(C)C)c(C)cc1CO. The molecule has 0 aromatic heterocycles. The van der Waals surface area contributed by atoms with Crippen molar-refractivity contribution in [3.8, 4) is 0 Å². The van der Waals surface area contributed by atoms with Crippen LogP contribution >= 0.6 is 0 Å². The minimum absolute atomic E-state index is 0.0893. The summed E-state index contributed by atoms with van der Waals surface area (Å²) in [6.45, 7) is 9.08. The van der Waals surface area contributed by atoms with Gasteiger partial charge < -0.3 is 21.1 Å². The molecule has 0 bridgehead atoms. The number of aliphatic hydroxyl groups excluding tert-OH is 1. The molecule has 5 amide bonds. The molecule has 37 heavy (non-hydrogen) atoms. The Balaban J connectivity index is 1.81. The molecule has 2 rings (SSSR count). The minimum Gasteiger partial charge on any atom is -0.392 e. The number of aryl methyl sites for hydroxylation is 2. The predicted molar refractivity (Wildman–Crippen MR) is 139 cm³/mol. The Morgan fingerprint density at radius 1 is 0.892 bits per heavy atom. The van der Waals surface area contributed by atoms with Crippen LogP contribution in [0.2, 0.25) is 0 Å². The number of carbonyl (C=O) groups excluding carboxylic acids is 5. The number of rotatable bonds is 13. The van der Waals surface area contributed by atoms with Gasteiger partial charge in [-0.15, -0.1) is 0 Å². The van der Waals surface area contributed by atoms with Crippen molar-refractivity contribution in [3.05, 3.63) is 41.0 Å². The summed E-state index contributed by atoms with van der Waals surface area (Å²) in [6, 6.07) is 1.94. The Morgan fingerprint density at radius 2 is 1.54 bits per heavy atom. The number of imide groups is 1. The van der Waals surface area contributed by atoms with Crippen LogP contribution in [0.1, 0.15) is 63.1 Å². The zero-order valence-electron chi connectivity index (χ0n) is 22.2. The van der Waals surface area contributed by atoms with Crippen LogP contribution in [-0.4, -0.2) is 58.2 Å². The number of anilines is 1. The Bertz CT molecular complexity index is 1050. The molecule has 0 saturated carbocycles. The zero-order valence-corrected chi connectivity index (χ0v) is 22.2. The van der Waals surface area contributed by atoms with Crippen molar-refractivity contribution in [2.24, 2.45) is 5.92 Å². The van der Waals surface area contributed by atoms with Gasteiger partial charge in [-0.2, -0.15) is 0 Å². The highest BCUT2D eigenvalue weighted by Gasteiger charge is 2.27. The van der Waals surface area contributed by atoms with Crippen molar-refractivity contribution >= 4 is 35.2 Å². The molecule has 1 aliphatic heterocycles. The molecule has 10 heteroatoms. The molecule has 1 heterocycles. The smallest absolute Gasteiger partial charge is 0.253 e. The number of benzene rings is 1. The van der Waals surface area contributed by atoms with Crippen molar-refractivity contribution in [3.63, 3.8) is 0 Å². The number of amides is 5. The molecule has 1 aromatic carbocycles. The maximum absolute atomic E-state index is 12.9. The highest BCUT2D eigenvalue weighted by molar-refractivity contribution is 6.12. The number of aliphatic hydroxyl groups is 1. The lowest BCUT2D eigenvalue weighted by molar-refractivity contribution is -0.137. The van der Waals surface area contributed by atoms with E-state index in [2.05, 4.69) is 16.0 Å². The second-order valence-electron chi connectivity index (χ2n) is 9.73. The van der Waals surface area contributed by atoms with E-state index < -0.39 is 23.9 Å². The number of nitrogens with zero attached hydrogens (tertiary/aromatic N) is 1. The van der Waals surface area contributed by atoms with E-state index in [0.717, 1.165) is 16.7 Å². The number of hydrogen-bond donors (Lipinski definition) is 4. The van der Waals surface area contributed by atoms with Crippen LogP contribution in [0, 0.1) is 19.8 Å². The number of hydrogen-bond acceptors (Lipinski definition) is 6. The standard InChI is InChI=1S/C27H38N4O6/c1-16(2)25(30-22(33)9-7-6-8-12-31-23(34)10-11-24(31)35)27(37)28-19(5)26(36)29-21-14-17(3)20(15-32)13-18(21)4/h10-11,13-14,16,19,25,32H,6-9,12,15H2,1-5H3,(H,28,37)(H,29,36)(H,30,33)/t19-,25-/m0/s1. The maximum Gasteiger partial charge on any atom is 0.253 e. The first-order valence-corrected chi connectivity index (χ1v) is 12.6. The van der Waals surface area contributed by atoms with Gasteiger partial charge >= 0.3 is 0 Å². The summed E-state index contributed by atoms with van der Waals surface area (Å²) in [5.74, 6) is -1.96. The maximum atomic E-state index is 12.9. The van der Waals surface area contributed by atoms with E-state index in [0.29, 0.717) is 31.5 Å². The van der Waals surface area contributed by atoms with Gasteiger partial charge in [0.05, 0.1) is 6.61 Å². The second kappa shape index (κ2) is 13.7. The van der Waals surface area contributed by atoms with E-state index in [4.69, 9.17) is 0 Å². The van der Waals surface area contributed by atoms with Gasteiger partial charge in [0.1, 0.15) is 12.1 Å². The quantitative estimate of drug-likeness (QED) is 0.234. The van der Waals surface area contributed by atoms with Crippen LogP contribution in [0.15, 0.2) is 24.3 Å². The summed E-state index contributed by atoms with van der Waals surface area (Å²) >= 11 is 0. The Morgan fingerprint density at radius 3 is 2.14 bits per heavy atom. The fourth-order valence-corrected chi connectivity index (χ4v) is 3.96. The summed E-state index contributed by atoms with van der Waals surface area (Å²) < 4.78 is 0. The first kappa shape index (κ1) is 29.7. The van der Waals surface area contributed by atoms with Gasteiger partial charge in [-0.1, -0.05) is 26.3 Å². The van der Waals surface area contributed by atoms with Gasteiger partial charge in [-0.3, -0.25) is 28.9 Å². The second-order valence-corrected chi connectivity index (χ2v) is 9.73. The molecular weight excluding hydrogens is 476 g/mol. The molecule has 0 saturated heterocycles. The Hall–Kier alpha value is -3.53. The molecule has 2 atom stereocenters. The average Bonchev–Trinajstić information content (AvgIpc) is 3.15. The van der Waals surface area contributed by atoms with E-state index in [9.17, 15) is 29.1 Å². The van der Waals surface area contributed by atoms with Crippen LogP contribution in [0.4, 0.5) is 5.69 Å². The minimum atomic E-state index is -0.839. The summed E-state index contributed by atoms with van der Waals surface area (Å²) in [6.07, 6.45) is 4.49. The van der Waals surface area contributed by atoms with Gasteiger partial charge in [0, 0.05) is 30.8 Å². The van der Waals surface area contributed by atoms with Crippen molar-refractivity contribution in [1.82, 2.24) is 15.5 Å². The third-order valence-corrected chi connectivity index (χ3v) is 6.31. The van der Waals surface area contributed by atoms with Crippen LogP contribution in [0.5, 0.6) is 0 Å². The van der Waals surface area contributed by atoms with Crippen LogP contribution in [-0.2, 0) is 30.6 Å². The van der Waals surface area contributed by atoms with Crippen molar-refractivity contribution in [2.75, 3.05) is 11.9 Å². The highest BCUT2D eigenvalue weighted by atomic mass is 16.3. The van der Waals surface area contributed by atoms with Crippen LogP contribution in [0.25, 0.3) is 0 Å². The van der Waals surface area contributed by atoms with E-state index in [1.807, 2.05) is 27.7 Å². The predicted octanol–water partition coefficient (Wildman–Crippen LogP) is 1.87. The van der Waals surface area contributed by atoms with Crippen LogP contribution in [0.3, 0.4) is 0 Å². The lowest BCUT2D eigenvalue weighted by Crippen LogP contribution is -2.53. The molecule has 1 aromatic rings. The number of nitrogens with one attached hydrogen (secondary N) is 3. The summed E-state index contributed by atoms with van der Waals surface area (Å²) in [7, 11) is 0. The van der Waals surface area contributed by atoms with Crippen molar-refractivity contribution in [2.45, 2.75) is 79.0 Å². The normalized spacial score (nSPS) is 14.6. The van der Waals surface area contributed by atoms with Gasteiger partial charge in [-0.25, -0.2) is 0 Å². The number of unbranched alkanes of at least 4 members (excludes halogenated alkanes) is 2. The fraction of sp³-hybridized carbons (Fsp3) is 0.519. The molecule has 0 fully saturated rings. The zero-order chi connectivity index (χ0) is 27.7. The lowest BCUT2D eigenvalue weighted by Gasteiger charge is -2.24. The lowest BCUT2D eigenvalue weighted by atomic mass is 10.0. The summed E-state index contributed by atoms with van der Waals surface area (Å²) in [5.41, 5.74) is 3.02. The molecule has 0 unspecified atom stereocenters. The van der Waals surface area contributed by atoms with Gasteiger partial charge in [0.2, 0.25) is 17.7 Å². The molecule has 0 spiro atoms. The van der Waals surface area contributed by atoms with Crippen LogP contribution < -0.4 is 16.0 Å². The topological polar surface area (TPSA) is 145 Å². The summed E-state index contributed by atoms with van der Waals surface area (Å²) in [4.78, 5) is 62.3. The van der Waals surface area contributed by atoms with E-state index in [1.165, 1.54) is 17.1 Å². The monoisotopic (exact) mass is 514 g/mol. The first-order chi connectivity index (χ1) is 17.4. The molecule has 10 nitrogen and oxygen atoms in total. The van der Waals surface area contributed by atoms with E-state index in [-0.39, 0.29) is 36.7 Å². The Kier molecular flexibility index (Phi) is 11.0. The molecule has 0 aliphatic carbocycles. The molecule has 0 radical (unpaired) electrons. The molecule has 4 N–H and O–H groups in total.